The Morgan fingerprint density at radius 2 is 2.07 bits per heavy atom. The molecule has 0 spiro atoms. The lowest BCUT2D eigenvalue weighted by atomic mass is 10.2. The summed E-state index contributed by atoms with van der Waals surface area (Å²) in [7, 11) is 1.93. The number of benzene rings is 1. The molecule has 27 heavy (non-hydrogen) atoms. The van der Waals surface area contributed by atoms with Crippen molar-refractivity contribution in [1.29, 1.82) is 0 Å². The van der Waals surface area contributed by atoms with E-state index in [1.54, 1.807) is 13.8 Å². The molecule has 0 bridgehead atoms. The summed E-state index contributed by atoms with van der Waals surface area (Å²) in [5.74, 6) is 0.345. The van der Waals surface area contributed by atoms with Crippen LogP contribution in [0.2, 0.25) is 0 Å². The highest BCUT2D eigenvalue weighted by atomic mass is 32.1. The first-order valence-electron chi connectivity index (χ1n) is 8.57. The number of para-hydroxylation sites is 2. The fourth-order valence-electron chi connectivity index (χ4n) is 3.15. The van der Waals surface area contributed by atoms with Gasteiger partial charge in [-0.2, -0.15) is 0 Å². The SMILES string of the molecule is CCOC(=O)c1sc2ncn(Cc3nc4ccccc4n3C)c(=O)c2c1C. The molecule has 4 rings (SSSR count). The molecule has 0 aliphatic carbocycles. The first-order valence-corrected chi connectivity index (χ1v) is 9.39. The Morgan fingerprint density at radius 3 is 2.81 bits per heavy atom. The van der Waals surface area contributed by atoms with Crippen LogP contribution in [-0.2, 0) is 18.3 Å². The van der Waals surface area contributed by atoms with E-state index in [0.717, 1.165) is 16.9 Å². The van der Waals surface area contributed by atoms with Crippen LogP contribution in [0.5, 0.6) is 0 Å². The van der Waals surface area contributed by atoms with Gasteiger partial charge in [-0.25, -0.2) is 14.8 Å². The van der Waals surface area contributed by atoms with Crippen LogP contribution in [0.15, 0.2) is 35.4 Å². The number of hydrogen-bond acceptors (Lipinski definition) is 6. The Labute approximate surface area is 158 Å². The Balaban J connectivity index is 1.79. The van der Waals surface area contributed by atoms with Gasteiger partial charge < -0.3 is 9.30 Å². The van der Waals surface area contributed by atoms with Crippen molar-refractivity contribution < 1.29 is 9.53 Å². The molecule has 0 aliphatic heterocycles. The molecule has 0 amide bonds. The van der Waals surface area contributed by atoms with E-state index in [2.05, 4.69) is 9.97 Å². The molecule has 4 aromatic rings. The zero-order valence-electron chi connectivity index (χ0n) is 15.2. The highest BCUT2D eigenvalue weighted by Crippen LogP contribution is 2.27. The smallest absolute Gasteiger partial charge is 0.348 e. The van der Waals surface area contributed by atoms with Crippen LogP contribution in [0, 0.1) is 6.92 Å². The summed E-state index contributed by atoms with van der Waals surface area (Å²) >= 11 is 1.19. The lowest BCUT2D eigenvalue weighted by Crippen LogP contribution is -2.22. The fourth-order valence-corrected chi connectivity index (χ4v) is 4.19. The molecule has 0 N–H and O–H groups in total. The van der Waals surface area contributed by atoms with E-state index in [4.69, 9.17) is 4.74 Å². The van der Waals surface area contributed by atoms with Crippen molar-refractivity contribution >= 4 is 38.6 Å². The number of hydrogen-bond donors (Lipinski definition) is 0. The second-order valence-corrected chi connectivity index (χ2v) is 7.21. The number of aromatic nitrogens is 4. The van der Waals surface area contributed by atoms with Gasteiger partial charge in [-0.1, -0.05) is 12.1 Å². The molecule has 0 unspecified atom stereocenters. The van der Waals surface area contributed by atoms with E-state index in [0.29, 0.717) is 27.2 Å². The molecule has 0 saturated heterocycles. The van der Waals surface area contributed by atoms with Crippen molar-refractivity contribution in [3.05, 3.63) is 57.2 Å². The number of aryl methyl sites for hydroxylation is 2. The van der Waals surface area contributed by atoms with Gasteiger partial charge in [-0.3, -0.25) is 9.36 Å². The Kier molecular flexibility index (Phi) is 4.27. The lowest BCUT2D eigenvalue weighted by Gasteiger charge is -2.06. The molecule has 8 heteroatoms. The van der Waals surface area contributed by atoms with Gasteiger partial charge in [-0.15, -0.1) is 11.3 Å². The third-order valence-corrected chi connectivity index (χ3v) is 5.75. The van der Waals surface area contributed by atoms with Gasteiger partial charge in [-0.05, 0) is 31.5 Å². The quantitative estimate of drug-likeness (QED) is 0.507. The van der Waals surface area contributed by atoms with Crippen molar-refractivity contribution in [2.24, 2.45) is 7.05 Å². The molecular weight excluding hydrogens is 364 g/mol. The molecule has 1 aromatic carbocycles. The largest absolute Gasteiger partial charge is 0.462 e. The van der Waals surface area contributed by atoms with E-state index < -0.39 is 5.97 Å². The molecule has 138 valence electrons. The van der Waals surface area contributed by atoms with Crippen LogP contribution < -0.4 is 5.56 Å². The maximum atomic E-state index is 13.0. The molecule has 0 atom stereocenters. The third kappa shape index (κ3) is 2.82. The minimum Gasteiger partial charge on any atom is -0.462 e. The maximum Gasteiger partial charge on any atom is 0.348 e. The van der Waals surface area contributed by atoms with Crippen LogP contribution in [0.4, 0.5) is 0 Å². The second kappa shape index (κ2) is 6.62. The number of imidazole rings is 1. The van der Waals surface area contributed by atoms with E-state index in [9.17, 15) is 9.59 Å². The summed E-state index contributed by atoms with van der Waals surface area (Å²) in [6.45, 7) is 4.10. The first kappa shape index (κ1) is 17.4. The lowest BCUT2D eigenvalue weighted by molar-refractivity contribution is 0.0531. The number of thiophene rings is 1. The molecule has 0 fully saturated rings. The number of fused-ring (bicyclic) bond motifs is 2. The van der Waals surface area contributed by atoms with Gasteiger partial charge in [0, 0.05) is 7.05 Å². The Hall–Kier alpha value is -3.00. The van der Waals surface area contributed by atoms with Gasteiger partial charge >= 0.3 is 5.97 Å². The van der Waals surface area contributed by atoms with E-state index in [1.807, 2.05) is 35.9 Å². The van der Waals surface area contributed by atoms with E-state index in [1.165, 1.54) is 22.2 Å². The minimum absolute atomic E-state index is 0.184. The van der Waals surface area contributed by atoms with Crippen LogP contribution in [0.25, 0.3) is 21.3 Å². The van der Waals surface area contributed by atoms with Crippen molar-refractivity contribution in [3.63, 3.8) is 0 Å². The summed E-state index contributed by atoms with van der Waals surface area (Å²) in [6.07, 6.45) is 1.51. The van der Waals surface area contributed by atoms with Crippen molar-refractivity contribution in [2.45, 2.75) is 20.4 Å². The van der Waals surface area contributed by atoms with Gasteiger partial charge in [0.15, 0.2) is 0 Å². The van der Waals surface area contributed by atoms with Crippen LogP contribution in [0.3, 0.4) is 0 Å². The number of carbonyl (C=O) groups is 1. The predicted octanol–water partition coefficient (Wildman–Crippen LogP) is 2.88. The third-order valence-electron chi connectivity index (χ3n) is 4.57. The Morgan fingerprint density at radius 1 is 1.30 bits per heavy atom. The molecular formula is C19H18N4O3S. The molecule has 7 nitrogen and oxygen atoms in total. The summed E-state index contributed by atoms with van der Waals surface area (Å²) in [4.78, 5) is 35.1. The average molecular weight is 382 g/mol. The number of rotatable bonds is 4. The molecule has 0 aliphatic rings. The van der Waals surface area contributed by atoms with Gasteiger partial charge in [0.2, 0.25) is 0 Å². The summed E-state index contributed by atoms with van der Waals surface area (Å²) in [5, 5.41) is 0.462. The van der Waals surface area contributed by atoms with Gasteiger partial charge in [0.1, 0.15) is 15.5 Å². The van der Waals surface area contributed by atoms with Gasteiger partial charge in [0.25, 0.3) is 5.56 Å². The fraction of sp³-hybridized carbons (Fsp3) is 0.263. The summed E-state index contributed by atoms with van der Waals surface area (Å²) in [5.41, 5.74) is 2.32. The van der Waals surface area contributed by atoms with Crippen molar-refractivity contribution in [3.8, 4) is 0 Å². The second-order valence-electron chi connectivity index (χ2n) is 6.21. The summed E-state index contributed by atoms with van der Waals surface area (Å²) in [6, 6.07) is 7.83. The van der Waals surface area contributed by atoms with Crippen molar-refractivity contribution in [2.75, 3.05) is 6.61 Å². The monoisotopic (exact) mass is 382 g/mol. The number of ether oxygens (including phenoxy) is 1. The first-order chi connectivity index (χ1) is 13.0. The zero-order valence-corrected chi connectivity index (χ0v) is 16.0. The topological polar surface area (TPSA) is 79.0 Å². The predicted molar refractivity (Wildman–Crippen MR) is 104 cm³/mol. The highest BCUT2D eigenvalue weighted by Gasteiger charge is 2.20. The van der Waals surface area contributed by atoms with E-state index >= 15 is 0 Å². The molecule has 0 radical (unpaired) electrons. The van der Waals surface area contributed by atoms with Crippen LogP contribution in [-0.4, -0.2) is 31.7 Å². The summed E-state index contributed by atoms with van der Waals surface area (Å²) < 4.78 is 8.57. The molecule has 3 aromatic heterocycles. The normalized spacial score (nSPS) is 11.4. The van der Waals surface area contributed by atoms with Crippen LogP contribution >= 0.6 is 11.3 Å². The molecule has 0 saturated carbocycles. The average Bonchev–Trinajstić information content (AvgIpc) is 3.16. The minimum atomic E-state index is -0.417. The number of esters is 1. The highest BCUT2D eigenvalue weighted by molar-refractivity contribution is 7.20. The van der Waals surface area contributed by atoms with Crippen molar-refractivity contribution in [1.82, 2.24) is 19.1 Å². The van der Waals surface area contributed by atoms with E-state index in [-0.39, 0.29) is 12.2 Å². The van der Waals surface area contributed by atoms with Gasteiger partial charge in [0.05, 0.1) is 35.9 Å². The number of carbonyl (C=O) groups excluding carboxylic acids is 1. The maximum absolute atomic E-state index is 13.0. The number of nitrogens with zero attached hydrogens (tertiary/aromatic N) is 4. The Bertz CT molecular complexity index is 1240. The zero-order chi connectivity index (χ0) is 19.1. The molecule has 3 heterocycles. The standard InChI is InChI=1S/C19H18N4O3S/c1-4-26-19(25)16-11(2)15-17(27-16)20-10-23(18(15)24)9-14-21-12-7-5-6-8-13(12)22(14)3/h5-8,10H,4,9H2,1-3H3. The van der Waals surface area contributed by atoms with Crippen LogP contribution in [0.1, 0.15) is 28.0 Å².